The van der Waals surface area contributed by atoms with Crippen molar-refractivity contribution in [3.05, 3.63) is 48.6 Å². The average molecular weight is 232 g/mol. The highest BCUT2D eigenvalue weighted by Crippen LogP contribution is 2.11. The molecule has 0 saturated carbocycles. The van der Waals surface area contributed by atoms with Crippen LogP contribution in [0.2, 0.25) is 0 Å². The molecule has 1 aliphatic rings. The van der Waals surface area contributed by atoms with E-state index in [1.807, 2.05) is 6.07 Å². The third-order valence-electron chi connectivity index (χ3n) is 2.44. The highest BCUT2D eigenvalue weighted by atomic mass is 16.6. The van der Waals surface area contributed by atoms with Crippen molar-refractivity contribution in [1.29, 1.82) is 0 Å². The van der Waals surface area contributed by atoms with E-state index in [1.54, 1.807) is 30.3 Å². The topological polar surface area (TPSA) is 58.6 Å². The number of carbonyl (C=O) groups excluding carboxylic acids is 2. The van der Waals surface area contributed by atoms with E-state index in [9.17, 15) is 9.59 Å². The second kappa shape index (κ2) is 4.69. The first-order valence-electron chi connectivity index (χ1n) is 5.17. The predicted molar refractivity (Wildman–Crippen MR) is 61.1 cm³/mol. The molecule has 0 spiro atoms. The van der Waals surface area contributed by atoms with Gasteiger partial charge in [-0.2, -0.15) is 0 Å². The number of hydrogen-bond acceptors (Lipinski definition) is 3. The highest BCUT2D eigenvalue weighted by Gasteiger charge is 2.32. The first-order chi connectivity index (χ1) is 8.22. The lowest BCUT2D eigenvalue weighted by molar-refractivity contribution is 0.0813. The van der Waals surface area contributed by atoms with Crippen LogP contribution in [0.3, 0.4) is 0 Å². The normalized spacial score (nSPS) is 18.7. The first-order valence-corrected chi connectivity index (χ1v) is 5.17. The molecule has 0 bridgehead atoms. The second-order valence-electron chi connectivity index (χ2n) is 3.56. The molecule has 2 rings (SSSR count). The summed E-state index contributed by atoms with van der Waals surface area (Å²) < 4.78 is 4.81. The van der Waals surface area contributed by atoms with E-state index in [0.29, 0.717) is 5.56 Å². The fourth-order valence-corrected chi connectivity index (χ4v) is 1.50. The van der Waals surface area contributed by atoms with Crippen molar-refractivity contribution in [1.82, 2.24) is 10.4 Å². The monoisotopic (exact) mass is 232 g/mol. The molecule has 1 aromatic rings. The number of nitrogens with zero attached hydrogens (tertiary/aromatic N) is 1. The Hall–Kier alpha value is -2.30. The average Bonchev–Trinajstić information content (AvgIpc) is 2.71. The minimum atomic E-state index is -0.570. The van der Waals surface area contributed by atoms with Crippen LogP contribution >= 0.6 is 0 Å². The van der Waals surface area contributed by atoms with Gasteiger partial charge >= 0.3 is 6.09 Å². The quantitative estimate of drug-likeness (QED) is 0.800. The Morgan fingerprint density at radius 3 is 2.82 bits per heavy atom. The fourth-order valence-electron chi connectivity index (χ4n) is 1.50. The van der Waals surface area contributed by atoms with Crippen molar-refractivity contribution >= 4 is 12.0 Å². The first kappa shape index (κ1) is 11.2. The summed E-state index contributed by atoms with van der Waals surface area (Å²) in [7, 11) is 0. The van der Waals surface area contributed by atoms with Gasteiger partial charge in [-0.3, -0.25) is 10.2 Å². The number of hydrogen-bond donors (Lipinski definition) is 1. The van der Waals surface area contributed by atoms with E-state index in [0.717, 1.165) is 5.01 Å². The zero-order chi connectivity index (χ0) is 12.3. The number of benzene rings is 1. The van der Waals surface area contributed by atoms with Crippen molar-refractivity contribution < 1.29 is 14.3 Å². The van der Waals surface area contributed by atoms with Gasteiger partial charge in [0.2, 0.25) is 0 Å². The molecule has 1 unspecified atom stereocenters. The summed E-state index contributed by atoms with van der Waals surface area (Å²) in [6, 6.07) is 8.33. The van der Waals surface area contributed by atoms with Crippen LogP contribution in [0.5, 0.6) is 0 Å². The molecule has 5 nitrogen and oxygen atoms in total. The third kappa shape index (κ3) is 2.28. The van der Waals surface area contributed by atoms with Crippen molar-refractivity contribution in [3.8, 4) is 0 Å². The van der Waals surface area contributed by atoms with Gasteiger partial charge in [0.25, 0.3) is 5.91 Å². The number of nitrogens with one attached hydrogen (secondary N) is 1. The number of ether oxygens (including phenoxy) is 1. The maximum absolute atomic E-state index is 11.8. The van der Waals surface area contributed by atoms with Crippen molar-refractivity contribution in [2.24, 2.45) is 0 Å². The van der Waals surface area contributed by atoms with Crippen LogP contribution in [-0.4, -0.2) is 29.7 Å². The van der Waals surface area contributed by atoms with Gasteiger partial charge in [0.15, 0.2) is 0 Å². The Balaban J connectivity index is 2.08. The molecule has 1 fully saturated rings. The summed E-state index contributed by atoms with van der Waals surface area (Å²) in [5.74, 6) is -0.351. The number of rotatable bonds is 3. The van der Waals surface area contributed by atoms with E-state index < -0.39 is 6.09 Å². The summed E-state index contributed by atoms with van der Waals surface area (Å²) in [6.07, 6.45) is 0.982. The SMILES string of the molecule is C=CC1COC(=O)N1NC(=O)c1ccccc1. The lowest BCUT2D eigenvalue weighted by atomic mass is 10.2. The molecule has 1 aromatic carbocycles. The van der Waals surface area contributed by atoms with Crippen LogP contribution in [0, 0.1) is 0 Å². The predicted octanol–water partition coefficient (Wildman–Crippen LogP) is 1.34. The number of amides is 2. The van der Waals surface area contributed by atoms with Gasteiger partial charge < -0.3 is 4.74 Å². The zero-order valence-electron chi connectivity index (χ0n) is 9.13. The molecular formula is C12H12N2O3. The van der Waals surface area contributed by atoms with Crippen LogP contribution in [0.4, 0.5) is 4.79 Å². The zero-order valence-corrected chi connectivity index (χ0v) is 9.13. The molecule has 5 heteroatoms. The lowest BCUT2D eigenvalue weighted by Crippen LogP contribution is -2.47. The van der Waals surface area contributed by atoms with Gasteiger partial charge in [0, 0.05) is 5.56 Å². The molecule has 1 N–H and O–H groups in total. The van der Waals surface area contributed by atoms with Gasteiger partial charge in [0.1, 0.15) is 12.6 Å². The van der Waals surface area contributed by atoms with Gasteiger partial charge in [-0.1, -0.05) is 24.3 Å². The van der Waals surface area contributed by atoms with Crippen LogP contribution < -0.4 is 5.43 Å². The summed E-state index contributed by atoms with van der Waals surface area (Å²) in [5, 5.41) is 1.14. The Morgan fingerprint density at radius 1 is 1.47 bits per heavy atom. The molecule has 1 saturated heterocycles. The molecular weight excluding hydrogens is 220 g/mol. The molecule has 1 aliphatic heterocycles. The molecule has 2 amide bonds. The number of hydrazine groups is 1. The number of cyclic esters (lactones) is 1. The Morgan fingerprint density at radius 2 is 2.18 bits per heavy atom. The van der Waals surface area contributed by atoms with Gasteiger partial charge in [0.05, 0.1) is 0 Å². The number of carbonyl (C=O) groups is 2. The Bertz CT molecular complexity index is 444. The van der Waals surface area contributed by atoms with Crippen molar-refractivity contribution in [2.75, 3.05) is 6.61 Å². The van der Waals surface area contributed by atoms with Crippen LogP contribution in [0.25, 0.3) is 0 Å². The van der Waals surface area contributed by atoms with E-state index in [1.165, 1.54) is 0 Å². The van der Waals surface area contributed by atoms with E-state index in [-0.39, 0.29) is 18.6 Å². The highest BCUT2D eigenvalue weighted by molar-refractivity contribution is 5.95. The fraction of sp³-hybridized carbons (Fsp3) is 0.167. The van der Waals surface area contributed by atoms with Gasteiger partial charge in [-0.05, 0) is 12.1 Å². The maximum atomic E-state index is 11.8. The van der Waals surface area contributed by atoms with Crippen LogP contribution in [0.15, 0.2) is 43.0 Å². The molecule has 0 aliphatic carbocycles. The molecule has 0 radical (unpaired) electrons. The molecule has 17 heavy (non-hydrogen) atoms. The largest absolute Gasteiger partial charge is 0.446 e. The summed E-state index contributed by atoms with van der Waals surface area (Å²) >= 11 is 0. The van der Waals surface area contributed by atoms with Crippen LogP contribution in [-0.2, 0) is 4.74 Å². The summed E-state index contributed by atoms with van der Waals surface area (Å²) in [6.45, 7) is 3.79. The smallest absolute Gasteiger partial charge is 0.429 e. The molecule has 1 atom stereocenters. The standard InChI is InChI=1S/C12H12N2O3/c1-2-10-8-17-12(16)14(10)13-11(15)9-6-4-3-5-7-9/h2-7,10H,1,8H2,(H,13,15). The van der Waals surface area contributed by atoms with E-state index >= 15 is 0 Å². The summed E-state index contributed by atoms with van der Waals surface area (Å²) in [4.78, 5) is 23.2. The third-order valence-corrected chi connectivity index (χ3v) is 2.44. The minimum absolute atomic E-state index is 0.206. The van der Waals surface area contributed by atoms with Gasteiger partial charge in [-0.25, -0.2) is 9.80 Å². The van der Waals surface area contributed by atoms with Gasteiger partial charge in [-0.15, -0.1) is 6.58 Å². The van der Waals surface area contributed by atoms with E-state index in [2.05, 4.69) is 12.0 Å². The minimum Gasteiger partial charge on any atom is -0.446 e. The molecule has 1 heterocycles. The second-order valence-corrected chi connectivity index (χ2v) is 3.56. The molecule has 88 valence electrons. The van der Waals surface area contributed by atoms with Crippen LogP contribution in [0.1, 0.15) is 10.4 Å². The Labute approximate surface area is 98.6 Å². The molecule has 0 aromatic heterocycles. The summed E-state index contributed by atoms with van der Waals surface area (Å²) in [5.41, 5.74) is 2.98. The lowest BCUT2D eigenvalue weighted by Gasteiger charge is -2.19. The van der Waals surface area contributed by atoms with Crippen molar-refractivity contribution in [2.45, 2.75) is 6.04 Å². The maximum Gasteiger partial charge on any atom is 0.429 e. The Kier molecular flexibility index (Phi) is 3.09. The van der Waals surface area contributed by atoms with E-state index in [4.69, 9.17) is 4.74 Å². The van der Waals surface area contributed by atoms with Crippen molar-refractivity contribution in [3.63, 3.8) is 0 Å².